The molecule has 0 aliphatic heterocycles. The van der Waals surface area contributed by atoms with E-state index in [1.54, 1.807) is 11.1 Å². The number of nitrogens with zero attached hydrogens (tertiary/aromatic N) is 1. The van der Waals surface area contributed by atoms with Crippen LogP contribution < -0.4 is 4.90 Å². The first kappa shape index (κ1) is 29.3. The molecule has 0 amide bonds. The van der Waals surface area contributed by atoms with E-state index < -0.39 is 0 Å². The first-order valence-corrected chi connectivity index (χ1v) is 19.0. The molecule has 1 heteroatoms. The number of fused-ring (bicyclic) bond motifs is 4. The lowest BCUT2D eigenvalue weighted by Crippen LogP contribution is -2.55. The van der Waals surface area contributed by atoms with E-state index >= 15 is 0 Å². The Morgan fingerprint density at radius 1 is 0.373 bits per heavy atom. The second-order valence-corrected chi connectivity index (χ2v) is 15.8. The summed E-state index contributed by atoms with van der Waals surface area (Å²) in [6.45, 7) is 0. The zero-order chi connectivity index (χ0) is 33.5. The number of benzene rings is 7. The highest BCUT2D eigenvalue weighted by Gasteiger charge is 2.61. The summed E-state index contributed by atoms with van der Waals surface area (Å²) < 4.78 is 0. The van der Waals surface area contributed by atoms with Crippen molar-refractivity contribution in [3.8, 4) is 33.4 Å². The van der Waals surface area contributed by atoms with Gasteiger partial charge in [-0.15, -0.1) is 0 Å². The van der Waals surface area contributed by atoms with Gasteiger partial charge in [-0.1, -0.05) is 115 Å². The van der Waals surface area contributed by atoms with Crippen molar-refractivity contribution in [1.82, 2.24) is 0 Å². The molecule has 1 spiro atoms. The van der Waals surface area contributed by atoms with Crippen LogP contribution in [0.4, 0.5) is 17.1 Å². The molecule has 0 unspecified atom stereocenters. The van der Waals surface area contributed by atoms with Crippen molar-refractivity contribution in [2.24, 2.45) is 23.7 Å². The summed E-state index contributed by atoms with van der Waals surface area (Å²) in [5.74, 6) is 3.46. The van der Waals surface area contributed by atoms with Gasteiger partial charge in [-0.2, -0.15) is 0 Å². The molecule has 0 N–H and O–H groups in total. The van der Waals surface area contributed by atoms with Crippen LogP contribution in [0.3, 0.4) is 0 Å². The highest BCUT2D eigenvalue weighted by Crippen LogP contribution is 2.69. The van der Waals surface area contributed by atoms with Crippen molar-refractivity contribution in [3.63, 3.8) is 0 Å². The Morgan fingerprint density at radius 2 is 0.882 bits per heavy atom. The van der Waals surface area contributed by atoms with Crippen LogP contribution in [-0.2, 0) is 5.41 Å². The van der Waals surface area contributed by atoms with Gasteiger partial charge in [-0.3, -0.25) is 0 Å². The fourth-order valence-corrected chi connectivity index (χ4v) is 11.3. The summed E-state index contributed by atoms with van der Waals surface area (Å²) in [6, 6.07) is 61.2. The van der Waals surface area contributed by atoms with E-state index in [0.717, 1.165) is 40.7 Å². The van der Waals surface area contributed by atoms with Gasteiger partial charge < -0.3 is 4.90 Å². The van der Waals surface area contributed by atoms with Crippen molar-refractivity contribution in [2.75, 3.05) is 4.90 Å². The molecule has 0 saturated heterocycles. The van der Waals surface area contributed by atoms with Gasteiger partial charge in [0.2, 0.25) is 0 Å². The molecule has 246 valence electrons. The molecular formula is C50H41N. The van der Waals surface area contributed by atoms with Crippen LogP contribution in [0, 0.1) is 23.7 Å². The topological polar surface area (TPSA) is 3.24 Å². The maximum absolute atomic E-state index is 2.60. The van der Waals surface area contributed by atoms with E-state index in [0.29, 0.717) is 0 Å². The predicted molar refractivity (Wildman–Crippen MR) is 213 cm³/mol. The summed E-state index contributed by atoms with van der Waals surface area (Å²) in [5, 5.41) is 2.54. The van der Waals surface area contributed by atoms with E-state index in [-0.39, 0.29) is 5.41 Å². The second-order valence-electron chi connectivity index (χ2n) is 15.8. The van der Waals surface area contributed by atoms with Crippen LogP contribution in [0.2, 0.25) is 0 Å². The minimum absolute atomic E-state index is 0.193. The fraction of sp³-hybridized carbons (Fsp3) is 0.200. The van der Waals surface area contributed by atoms with Gasteiger partial charge in [0.15, 0.2) is 0 Å². The van der Waals surface area contributed by atoms with Gasteiger partial charge in [0, 0.05) is 22.5 Å². The molecule has 51 heavy (non-hydrogen) atoms. The van der Waals surface area contributed by atoms with Gasteiger partial charge in [-0.05, 0) is 160 Å². The monoisotopic (exact) mass is 655 g/mol. The Labute approximate surface area is 301 Å². The Morgan fingerprint density at radius 3 is 1.57 bits per heavy atom. The highest BCUT2D eigenvalue weighted by molar-refractivity contribution is 5.88. The zero-order valence-corrected chi connectivity index (χ0v) is 28.9. The lowest BCUT2D eigenvalue weighted by Gasteiger charge is -2.61. The Bertz CT molecular complexity index is 2390. The minimum Gasteiger partial charge on any atom is -0.311 e. The molecule has 4 saturated carbocycles. The normalized spacial score (nSPS) is 23.8. The van der Waals surface area contributed by atoms with E-state index in [4.69, 9.17) is 0 Å². The molecule has 0 heterocycles. The average molecular weight is 656 g/mol. The standard InChI is InChI=1S/C50H41N/c1-2-10-43(11-3-1)51(44-21-16-36(17-22-44)39-15-14-35-8-4-5-9-38(35)31-39)45-23-18-37(19-24-45)40-20-25-47-46-12-6-7-13-48(46)50(49(47)32-40)41-27-33-26-34(29-41)30-42(50)28-33/h1-25,31-34,41-42H,26-30H2. The molecular weight excluding hydrogens is 615 g/mol. The minimum atomic E-state index is 0.193. The molecule has 0 aromatic heterocycles. The van der Waals surface area contributed by atoms with Gasteiger partial charge in [0.25, 0.3) is 0 Å². The summed E-state index contributed by atoms with van der Waals surface area (Å²) in [5.41, 5.74) is 15.0. The molecule has 4 bridgehead atoms. The van der Waals surface area contributed by atoms with Gasteiger partial charge in [-0.25, -0.2) is 0 Å². The molecule has 5 aliphatic rings. The van der Waals surface area contributed by atoms with Crippen LogP contribution in [0.25, 0.3) is 44.2 Å². The van der Waals surface area contributed by atoms with Crippen molar-refractivity contribution in [3.05, 3.63) is 175 Å². The number of hydrogen-bond donors (Lipinski definition) is 0. The number of anilines is 3. The van der Waals surface area contributed by atoms with Gasteiger partial charge in [0.05, 0.1) is 0 Å². The lowest BCUT2D eigenvalue weighted by molar-refractivity contribution is -0.0399. The van der Waals surface area contributed by atoms with Crippen LogP contribution >= 0.6 is 0 Å². The molecule has 12 rings (SSSR count). The third kappa shape index (κ3) is 4.47. The number of hydrogen-bond acceptors (Lipinski definition) is 1. The van der Waals surface area contributed by atoms with Gasteiger partial charge in [0.1, 0.15) is 0 Å². The summed E-state index contributed by atoms with van der Waals surface area (Å²) in [6.07, 6.45) is 7.14. The third-order valence-corrected chi connectivity index (χ3v) is 13.2. The third-order valence-electron chi connectivity index (χ3n) is 13.2. The Kier molecular flexibility index (Phi) is 6.50. The largest absolute Gasteiger partial charge is 0.311 e. The maximum atomic E-state index is 2.60. The molecule has 0 radical (unpaired) electrons. The van der Waals surface area contributed by atoms with E-state index in [2.05, 4.69) is 169 Å². The Hall–Kier alpha value is -5.40. The van der Waals surface area contributed by atoms with Crippen molar-refractivity contribution in [2.45, 2.75) is 37.5 Å². The van der Waals surface area contributed by atoms with Crippen LogP contribution in [0.1, 0.15) is 43.2 Å². The molecule has 4 fully saturated rings. The van der Waals surface area contributed by atoms with E-state index in [1.807, 2.05) is 0 Å². The average Bonchev–Trinajstić information content (AvgIpc) is 3.48. The van der Waals surface area contributed by atoms with Crippen LogP contribution in [0.15, 0.2) is 164 Å². The maximum Gasteiger partial charge on any atom is 0.0462 e. The van der Waals surface area contributed by atoms with Gasteiger partial charge >= 0.3 is 0 Å². The predicted octanol–water partition coefficient (Wildman–Crippen LogP) is 13.4. The highest BCUT2D eigenvalue weighted by atomic mass is 15.1. The fourth-order valence-electron chi connectivity index (χ4n) is 11.3. The first-order chi connectivity index (χ1) is 25.2. The molecule has 5 aliphatic carbocycles. The summed E-state index contributed by atoms with van der Waals surface area (Å²) in [4.78, 5) is 2.37. The van der Waals surface area contributed by atoms with E-state index in [9.17, 15) is 0 Å². The smallest absolute Gasteiger partial charge is 0.0462 e. The van der Waals surface area contributed by atoms with Crippen molar-refractivity contribution < 1.29 is 0 Å². The van der Waals surface area contributed by atoms with Crippen LogP contribution in [-0.4, -0.2) is 0 Å². The number of rotatable bonds is 5. The van der Waals surface area contributed by atoms with Crippen molar-refractivity contribution in [1.29, 1.82) is 0 Å². The molecule has 1 nitrogen and oxygen atoms in total. The van der Waals surface area contributed by atoms with E-state index in [1.165, 1.54) is 76.3 Å². The Balaban J connectivity index is 0.954. The zero-order valence-electron chi connectivity index (χ0n) is 28.9. The second kappa shape index (κ2) is 11.3. The quantitative estimate of drug-likeness (QED) is 0.178. The first-order valence-electron chi connectivity index (χ1n) is 19.0. The lowest BCUT2D eigenvalue weighted by atomic mass is 9.43. The number of para-hydroxylation sites is 1. The SMILES string of the molecule is c1ccc(N(c2ccc(-c3ccc4c(c3)C3(c5ccccc5-4)C4CC5CC(C4)CC3C5)cc2)c2ccc(-c3ccc4ccccc4c3)cc2)cc1. The summed E-state index contributed by atoms with van der Waals surface area (Å²) in [7, 11) is 0. The molecule has 0 atom stereocenters. The van der Waals surface area contributed by atoms with Crippen molar-refractivity contribution >= 4 is 27.8 Å². The summed E-state index contributed by atoms with van der Waals surface area (Å²) >= 11 is 0. The molecule has 7 aromatic rings. The molecule has 7 aromatic carbocycles. The van der Waals surface area contributed by atoms with Crippen LogP contribution in [0.5, 0.6) is 0 Å².